The van der Waals surface area contributed by atoms with Crippen molar-refractivity contribution in [3.8, 4) is 11.1 Å². The first-order valence-corrected chi connectivity index (χ1v) is 13.5. The van der Waals surface area contributed by atoms with E-state index in [1.54, 1.807) is 11.8 Å². The van der Waals surface area contributed by atoms with E-state index in [0.717, 1.165) is 30.4 Å². The number of aliphatic carboxylic acids is 1. The number of carboxylic acids is 1. The number of thioether (sulfide) groups is 1. The van der Waals surface area contributed by atoms with Crippen molar-refractivity contribution in [3.63, 3.8) is 0 Å². The molecule has 0 saturated heterocycles. The molecule has 186 valence electrons. The molecule has 2 aromatic rings. The predicted molar refractivity (Wildman–Crippen MR) is 137 cm³/mol. The molecule has 2 unspecified atom stereocenters. The number of hydrogen-bond donors (Lipinski definition) is 2. The summed E-state index contributed by atoms with van der Waals surface area (Å²) in [6, 6.07) is 16.3. The van der Waals surface area contributed by atoms with E-state index in [1.807, 2.05) is 30.5 Å². The summed E-state index contributed by atoms with van der Waals surface area (Å²) in [5.41, 5.74) is 4.68. The minimum atomic E-state index is -1.01. The van der Waals surface area contributed by atoms with Gasteiger partial charge >= 0.3 is 12.1 Å². The van der Waals surface area contributed by atoms with E-state index in [4.69, 9.17) is 9.84 Å². The molecule has 0 radical (unpaired) electrons. The fourth-order valence-electron chi connectivity index (χ4n) is 5.27. The molecule has 2 aliphatic carbocycles. The summed E-state index contributed by atoms with van der Waals surface area (Å²) in [6.45, 7) is 0.358. The summed E-state index contributed by atoms with van der Waals surface area (Å²) in [5.74, 6) is -0.527. The van der Waals surface area contributed by atoms with E-state index < -0.39 is 12.1 Å². The number of carboxylic acid groups (broad SMARTS) is 1. The predicted octanol–water partition coefficient (Wildman–Crippen LogP) is 4.36. The highest BCUT2D eigenvalue weighted by Crippen LogP contribution is 2.44. The van der Waals surface area contributed by atoms with Gasteiger partial charge in [0.2, 0.25) is 5.91 Å². The Morgan fingerprint density at radius 2 is 1.71 bits per heavy atom. The van der Waals surface area contributed by atoms with E-state index in [-0.39, 0.29) is 43.4 Å². The van der Waals surface area contributed by atoms with E-state index in [9.17, 15) is 14.4 Å². The molecule has 0 heterocycles. The number of fused-ring (bicyclic) bond motifs is 3. The van der Waals surface area contributed by atoms with Gasteiger partial charge in [0.1, 0.15) is 13.2 Å². The van der Waals surface area contributed by atoms with Crippen molar-refractivity contribution in [1.29, 1.82) is 0 Å². The molecule has 1 saturated carbocycles. The Hall–Kier alpha value is -3.00. The minimum absolute atomic E-state index is 0.00452. The highest BCUT2D eigenvalue weighted by molar-refractivity contribution is 7.98. The third kappa shape index (κ3) is 5.99. The molecule has 2 aromatic carbocycles. The summed E-state index contributed by atoms with van der Waals surface area (Å²) < 4.78 is 5.68. The first-order valence-electron chi connectivity index (χ1n) is 12.1. The van der Waals surface area contributed by atoms with Crippen LogP contribution < -0.4 is 5.32 Å². The van der Waals surface area contributed by atoms with Crippen molar-refractivity contribution >= 4 is 29.7 Å². The number of nitrogens with one attached hydrogen (secondary N) is 1. The van der Waals surface area contributed by atoms with Gasteiger partial charge in [-0.05, 0) is 47.3 Å². The molecule has 0 bridgehead atoms. The van der Waals surface area contributed by atoms with Crippen molar-refractivity contribution < 1.29 is 24.2 Å². The normalized spacial score (nSPS) is 18.5. The molecular formula is C27H32N2O5S. The van der Waals surface area contributed by atoms with Crippen LogP contribution in [0.5, 0.6) is 0 Å². The van der Waals surface area contributed by atoms with E-state index in [1.165, 1.54) is 16.0 Å². The van der Waals surface area contributed by atoms with Gasteiger partial charge in [0.15, 0.2) is 0 Å². The maximum Gasteiger partial charge on any atom is 0.407 e. The highest BCUT2D eigenvalue weighted by atomic mass is 32.2. The van der Waals surface area contributed by atoms with Crippen LogP contribution in [0, 0.1) is 5.92 Å². The Bertz CT molecular complexity index is 1030. The van der Waals surface area contributed by atoms with Crippen LogP contribution in [0.15, 0.2) is 48.5 Å². The van der Waals surface area contributed by atoms with Crippen LogP contribution in [0.25, 0.3) is 11.1 Å². The van der Waals surface area contributed by atoms with Crippen LogP contribution in [0.3, 0.4) is 0 Å². The van der Waals surface area contributed by atoms with Crippen LogP contribution in [0.2, 0.25) is 0 Å². The molecule has 2 atom stereocenters. The van der Waals surface area contributed by atoms with Crippen molar-refractivity contribution in [2.24, 2.45) is 5.92 Å². The Morgan fingerprint density at radius 3 is 2.34 bits per heavy atom. The third-order valence-electron chi connectivity index (χ3n) is 6.99. The average molecular weight is 497 g/mol. The largest absolute Gasteiger partial charge is 0.480 e. The van der Waals surface area contributed by atoms with Gasteiger partial charge in [0.25, 0.3) is 0 Å². The fourth-order valence-corrected chi connectivity index (χ4v) is 5.68. The van der Waals surface area contributed by atoms with Crippen LogP contribution in [0.1, 0.15) is 42.7 Å². The monoisotopic (exact) mass is 496 g/mol. The lowest BCUT2D eigenvalue weighted by Crippen LogP contribution is -2.42. The molecule has 35 heavy (non-hydrogen) atoms. The molecule has 0 aliphatic heterocycles. The maximum atomic E-state index is 12.8. The Kier molecular flexibility index (Phi) is 8.33. The lowest BCUT2D eigenvalue weighted by Gasteiger charge is -2.25. The van der Waals surface area contributed by atoms with Crippen LogP contribution in [-0.4, -0.2) is 65.7 Å². The molecule has 0 aromatic heterocycles. The van der Waals surface area contributed by atoms with Crippen molar-refractivity contribution in [2.75, 3.05) is 31.7 Å². The van der Waals surface area contributed by atoms with Gasteiger partial charge in [-0.25, -0.2) is 4.79 Å². The summed E-state index contributed by atoms with van der Waals surface area (Å²) >= 11 is 1.57. The minimum Gasteiger partial charge on any atom is -0.480 e. The lowest BCUT2D eigenvalue weighted by molar-refractivity contribution is -0.144. The number of alkyl carbamates (subject to hydrolysis) is 1. The first kappa shape index (κ1) is 25.1. The number of nitrogens with zero attached hydrogens (tertiary/aromatic N) is 1. The van der Waals surface area contributed by atoms with E-state index >= 15 is 0 Å². The van der Waals surface area contributed by atoms with Gasteiger partial charge < -0.3 is 20.1 Å². The van der Waals surface area contributed by atoms with Crippen molar-refractivity contribution in [3.05, 3.63) is 59.7 Å². The Balaban J connectivity index is 1.33. The molecule has 8 heteroatoms. The fraction of sp³-hybridized carbons (Fsp3) is 0.444. The number of hydrogen-bond acceptors (Lipinski definition) is 5. The summed E-state index contributed by atoms with van der Waals surface area (Å²) in [7, 11) is 0. The van der Waals surface area contributed by atoms with Gasteiger partial charge in [-0.1, -0.05) is 55.0 Å². The molecule has 2 aliphatic rings. The van der Waals surface area contributed by atoms with Crippen LogP contribution in [0.4, 0.5) is 4.79 Å². The second kappa shape index (κ2) is 11.6. The van der Waals surface area contributed by atoms with Gasteiger partial charge in [0, 0.05) is 30.7 Å². The summed E-state index contributed by atoms with van der Waals surface area (Å²) in [4.78, 5) is 38.1. The number of amides is 2. The number of rotatable bonds is 10. The first-order chi connectivity index (χ1) is 17.0. The smallest absolute Gasteiger partial charge is 0.407 e. The van der Waals surface area contributed by atoms with E-state index in [0.29, 0.717) is 12.3 Å². The van der Waals surface area contributed by atoms with E-state index in [2.05, 4.69) is 29.6 Å². The number of carbonyl (C=O) groups is 3. The average Bonchev–Trinajstić information content (AvgIpc) is 3.41. The Morgan fingerprint density at radius 1 is 1.06 bits per heavy atom. The maximum absolute atomic E-state index is 12.8. The zero-order valence-electron chi connectivity index (χ0n) is 19.9. The SMILES string of the molecule is CSCCN(CC(=O)O)C(=O)CC1CCCC1NC(=O)OCC1c2ccccc2-c2ccccc21. The number of ether oxygens (including phenoxy) is 1. The zero-order chi connectivity index (χ0) is 24.8. The molecular weight excluding hydrogens is 464 g/mol. The molecule has 2 amide bonds. The Labute approximate surface area is 210 Å². The number of benzene rings is 2. The third-order valence-corrected chi connectivity index (χ3v) is 7.58. The molecule has 0 spiro atoms. The second-order valence-electron chi connectivity index (χ2n) is 9.17. The van der Waals surface area contributed by atoms with Crippen molar-refractivity contribution in [2.45, 2.75) is 37.6 Å². The molecule has 7 nitrogen and oxygen atoms in total. The second-order valence-corrected chi connectivity index (χ2v) is 10.2. The molecule has 4 rings (SSSR count). The van der Waals surface area contributed by atoms with Gasteiger partial charge in [0.05, 0.1) is 0 Å². The summed E-state index contributed by atoms with van der Waals surface area (Å²) in [6.07, 6.45) is 4.21. The quantitative estimate of drug-likeness (QED) is 0.507. The van der Waals surface area contributed by atoms with Crippen LogP contribution >= 0.6 is 11.8 Å². The van der Waals surface area contributed by atoms with Crippen LogP contribution in [-0.2, 0) is 14.3 Å². The lowest BCUT2D eigenvalue weighted by atomic mass is 9.98. The molecule has 1 fully saturated rings. The summed E-state index contributed by atoms with van der Waals surface area (Å²) in [5, 5.41) is 12.1. The standard InChI is InChI=1S/C27H32N2O5S/c1-35-14-13-29(16-26(31)32)25(30)15-18-7-6-12-24(18)28-27(33)34-17-23-21-10-4-2-8-19(21)20-9-3-5-11-22(20)23/h2-5,8-11,18,23-24H,6-7,12-17H2,1H3,(H,28,33)(H,31,32). The van der Waals surface area contributed by atoms with Crippen molar-refractivity contribution in [1.82, 2.24) is 10.2 Å². The van der Waals surface area contributed by atoms with Gasteiger partial charge in [-0.15, -0.1) is 0 Å². The van der Waals surface area contributed by atoms with Gasteiger partial charge in [-0.3, -0.25) is 9.59 Å². The topological polar surface area (TPSA) is 95.9 Å². The molecule has 2 N–H and O–H groups in total. The van der Waals surface area contributed by atoms with Gasteiger partial charge in [-0.2, -0.15) is 11.8 Å². The zero-order valence-corrected chi connectivity index (χ0v) is 20.8. The number of carbonyl (C=O) groups excluding carboxylic acids is 2. The highest BCUT2D eigenvalue weighted by Gasteiger charge is 2.33.